The first-order chi connectivity index (χ1) is 8.79. The molecular weight excluding hydrogens is 254 g/mol. The van der Waals surface area contributed by atoms with Gasteiger partial charge in [-0.3, -0.25) is 4.79 Å². The summed E-state index contributed by atoms with van der Waals surface area (Å²) in [7, 11) is 1.48. The van der Waals surface area contributed by atoms with Crippen LogP contribution in [0.25, 0.3) is 0 Å². The molecule has 0 aromatic carbocycles. The van der Waals surface area contributed by atoms with Gasteiger partial charge in [-0.05, 0) is 24.3 Å². The Kier molecular flexibility index (Phi) is 5.00. The van der Waals surface area contributed by atoms with Gasteiger partial charge in [0.2, 0.25) is 11.8 Å². The van der Waals surface area contributed by atoms with Crippen molar-refractivity contribution in [3.8, 4) is 0 Å². The summed E-state index contributed by atoms with van der Waals surface area (Å²) < 4.78 is 9.83. The summed E-state index contributed by atoms with van der Waals surface area (Å²) in [6, 6.07) is 0. The molecule has 1 N–H and O–H groups in total. The molecule has 0 bridgehead atoms. The first kappa shape index (κ1) is 13.4. The number of nitrogens with one attached hydrogen (secondary N) is 1. The zero-order valence-corrected chi connectivity index (χ0v) is 11.2. The molecule has 18 heavy (non-hydrogen) atoms. The molecule has 0 saturated carbocycles. The number of hydrogen-bond acceptors (Lipinski definition) is 6. The molecule has 6 nitrogen and oxygen atoms in total. The summed E-state index contributed by atoms with van der Waals surface area (Å²) in [5, 5.41) is 6.64. The Labute approximate surface area is 110 Å². The highest BCUT2D eigenvalue weighted by atomic mass is 32.2. The SMILES string of the molecule is COCC(=O)NCc1nc(C2CCSCC2)no1. The molecule has 100 valence electrons. The van der Waals surface area contributed by atoms with E-state index >= 15 is 0 Å². The van der Waals surface area contributed by atoms with Crippen molar-refractivity contribution in [2.45, 2.75) is 25.3 Å². The van der Waals surface area contributed by atoms with E-state index in [-0.39, 0.29) is 19.1 Å². The van der Waals surface area contributed by atoms with Crippen molar-refractivity contribution in [2.75, 3.05) is 25.2 Å². The van der Waals surface area contributed by atoms with Crippen LogP contribution >= 0.6 is 11.8 Å². The van der Waals surface area contributed by atoms with Crippen molar-refractivity contribution in [1.82, 2.24) is 15.5 Å². The van der Waals surface area contributed by atoms with Crippen LogP contribution < -0.4 is 5.32 Å². The molecular formula is C11H17N3O3S. The molecule has 0 atom stereocenters. The molecule has 1 fully saturated rings. The maximum Gasteiger partial charge on any atom is 0.246 e. The number of rotatable bonds is 5. The van der Waals surface area contributed by atoms with Crippen LogP contribution in [0.5, 0.6) is 0 Å². The second-order valence-electron chi connectivity index (χ2n) is 4.14. The zero-order valence-electron chi connectivity index (χ0n) is 10.3. The van der Waals surface area contributed by atoms with E-state index in [1.165, 1.54) is 7.11 Å². The van der Waals surface area contributed by atoms with E-state index in [9.17, 15) is 4.79 Å². The topological polar surface area (TPSA) is 77.2 Å². The molecule has 0 unspecified atom stereocenters. The third kappa shape index (κ3) is 3.71. The van der Waals surface area contributed by atoms with Crippen LogP contribution in [0.1, 0.15) is 30.5 Å². The van der Waals surface area contributed by atoms with E-state index in [0.29, 0.717) is 11.8 Å². The fourth-order valence-electron chi connectivity index (χ4n) is 1.82. The van der Waals surface area contributed by atoms with Crippen molar-refractivity contribution in [2.24, 2.45) is 0 Å². The van der Waals surface area contributed by atoms with Gasteiger partial charge in [0.25, 0.3) is 0 Å². The molecule has 0 aliphatic carbocycles. The first-order valence-corrected chi connectivity index (χ1v) is 7.11. The van der Waals surface area contributed by atoms with E-state index in [2.05, 4.69) is 15.5 Å². The molecule has 0 radical (unpaired) electrons. The standard InChI is InChI=1S/C11H17N3O3S/c1-16-7-9(15)12-6-10-13-11(14-17-10)8-2-4-18-5-3-8/h8H,2-7H2,1H3,(H,12,15). The molecule has 1 aliphatic heterocycles. The van der Waals surface area contributed by atoms with Crippen molar-refractivity contribution in [3.05, 3.63) is 11.7 Å². The van der Waals surface area contributed by atoms with E-state index in [1.54, 1.807) is 0 Å². The second kappa shape index (κ2) is 6.75. The molecule has 1 amide bonds. The smallest absolute Gasteiger partial charge is 0.246 e. The number of methoxy groups -OCH3 is 1. The van der Waals surface area contributed by atoms with Gasteiger partial charge in [0.05, 0.1) is 6.54 Å². The lowest BCUT2D eigenvalue weighted by Gasteiger charge is -2.17. The van der Waals surface area contributed by atoms with E-state index in [1.807, 2.05) is 11.8 Å². The molecule has 2 heterocycles. The Hall–Kier alpha value is -1.08. The summed E-state index contributed by atoms with van der Waals surface area (Å²) >= 11 is 1.96. The van der Waals surface area contributed by atoms with Crippen molar-refractivity contribution in [3.63, 3.8) is 0 Å². The van der Waals surface area contributed by atoms with Crippen LogP contribution in [-0.2, 0) is 16.1 Å². The third-order valence-electron chi connectivity index (χ3n) is 2.78. The third-order valence-corrected chi connectivity index (χ3v) is 3.83. The lowest BCUT2D eigenvalue weighted by molar-refractivity contribution is -0.125. The molecule has 7 heteroatoms. The Bertz CT molecular complexity index is 391. The number of thioether (sulfide) groups is 1. The van der Waals surface area contributed by atoms with Crippen LogP contribution in [0.2, 0.25) is 0 Å². The average Bonchev–Trinajstić information content (AvgIpc) is 2.87. The summed E-state index contributed by atoms with van der Waals surface area (Å²) in [4.78, 5) is 15.5. The van der Waals surface area contributed by atoms with Crippen molar-refractivity contribution in [1.29, 1.82) is 0 Å². The average molecular weight is 271 g/mol. The van der Waals surface area contributed by atoms with Crippen LogP contribution in [0.3, 0.4) is 0 Å². The monoisotopic (exact) mass is 271 g/mol. The van der Waals surface area contributed by atoms with Gasteiger partial charge in [-0.25, -0.2) is 0 Å². The highest BCUT2D eigenvalue weighted by molar-refractivity contribution is 7.99. The maximum absolute atomic E-state index is 11.2. The molecule has 1 aromatic rings. The number of carbonyl (C=O) groups is 1. The van der Waals surface area contributed by atoms with E-state index in [4.69, 9.17) is 9.26 Å². The van der Waals surface area contributed by atoms with E-state index in [0.717, 1.165) is 30.2 Å². The lowest BCUT2D eigenvalue weighted by atomic mass is 10.0. The Balaban J connectivity index is 1.83. The quantitative estimate of drug-likeness (QED) is 0.859. The van der Waals surface area contributed by atoms with Crippen molar-refractivity contribution < 1.29 is 14.1 Å². The highest BCUT2D eigenvalue weighted by Crippen LogP contribution is 2.29. The Morgan fingerprint density at radius 3 is 3.06 bits per heavy atom. The summed E-state index contributed by atoms with van der Waals surface area (Å²) in [5.74, 6) is 3.74. The first-order valence-electron chi connectivity index (χ1n) is 5.95. The van der Waals surface area contributed by atoms with Gasteiger partial charge in [0.1, 0.15) is 6.61 Å². The molecule has 1 aliphatic rings. The van der Waals surface area contributed by atoms with Gasteiger partial charge in [0, 0.05) is 13.0 Å². The fraction of sp³-hybridized carbons (Fsp3) is 0.727. The van der Waals surface area contributed by atoms with Crippen LogP contribution in [-0.4, -0.2) is 41.3 Å². The summed E-state index contributed by atoms with van der Waals surface area (Å²) in [6.45, 7) is 0.303. The molecule has 1 saturated heterocycles. The summed E-state index contributed by atoms with van der Waals surface area (Å²) in [6.07, 6.45) is 2.19. The van der Waals surface area contributed by atoms with Gasteiger partial charge in [-0.1, -0.05) is 5.16 Å². The Morgan fingerprint density at radius 1 is 1.56 bits per heavy atom. The largest absolute Gasteiger partial charge is 0.375 e. The number of ether oxygens (including phenoxy) is 1. The normalized spacial score (nSPS) is 16.7. The van der Waals surface area contributed by atoms with Gasteiger partial charge in [-0.15, -0.1) is 0 Å². The molecule has 2 rings (SSSR count). The maximum atomic E-state index is 11.2. The van der Waals surface area contributed by atoms with Gasteiger partial charge < -0.3 is 14.6 Å². The number of carbonyl (C=O) groups excluding carboxylic acids is 1. The number of aromatic nitrogens is 2. The minimum Gasteiger partial charge on any atom is -0.375 e. The predicted molar refractivity (Wildman–Crippen MR) is 67.3 cm³/mol. The zero-order chi connectivity index (χ0) is 12.8. The number of nitrogens with zero attached hydrogens (tertiary/aromatic N) is 2. The molecule has 0 spiro atoms. The molecule has 1 aromatic heterocycles. The van der Waals surface area contributed by atoms with Crippen molar-refractivity contribution >= 4 is 17.7 Å². The van der Waals surface area contributed by atoms with Crippen LogP contribution in [0, 0.1) is 0 Å². The van der Waals surface area contributed by atoms with Gasteiger partial charge in [0.15, 0.2) is 5.82 Å². The number of amides is 1. The Morgan fingerprint density at radius 2 is 2.33 bits per heavy atom. The highest BCUT2D eigenvalue weighted by Gasteiger charge is 2.21. The van der Waals surface area contributed by atoms with Crippen LogP contribution in [0.4, 0.5) is 0 Å². The second-order valence-corrected chi connectivity index (χ2v) is 5.37. The minimum atomic E-state index is -0.189. The van der Waals surface area contributed by atoms with Gasteiger partial charge in [-0.2, -0.15) is 16.7 Å². The lowest BCUT2D eigenvalue weighted by Crippen LogP contribution is -2.26. The van der Waals surface area contributed by atoms with Crippen LogP contribution in [0.15, 0.2) is 4.52 Å². The van der Waals surface area contributed by atoms with E-state index < -0.39 is 0 Å². The minimum absolute atomic E-state index is 0.0425. The number of hydrogen-bond donors (Lipinski definition) is 1. The fourth-order valence-corrected chi connectivity index (χ4v) is 2.92. The van der Waals surface area contributed by atoms with Gasteiger partial charge >= 0.3 is 0 Å². The predicted octanol–water partition coefficient (Wildman–Crippen LogP) is 0.943. The summed E-state index contributed by atoms with van der Waals surface area (Å²) in [5.41, 5.74) is 0.